The minimum atomic E-state index is -4.95. The molecule has 0 aliphatic heterocycles. The average Bonchev–Trinajstić information content (AvgIpc) is 3.66. The van der Waals surface area contributed by atoms with Gasteiger partial charge in [0.05, 0.1) is 26.4 Å². The van der Waals surface area contributed by atoms with Gasteiger partial charge in [0.15, 0.2) is 12.2 Å². The van der Waals surface area contributed by atoms with Crippen molar-refractivity contribution >= 4 is 39.5 Å². The minimum Gasteiger partial charge on any atom is -0.462 e. The topological polar surface area (TPSA) is 237 Å². The molecule has 0 heterocycles. The van der Waals surface area contributed by atoms with Gasteiger partial charge in [0.25, 0.3) is 0 Å². The van der Waals surface area contributed by atoms with Gasteiger partial charge in [-0.25, -0.2) is 9.13 Å². The Morgan fingerprint density at radius 3 is 0.884 bits per heavy atom. The van der Waals surface area contributed by atoms with Crippen molar-refractivity contribution in [2.75, 3.05) is 39.6 Å². The highest BCUT2D eigenvalue weighted by Gasteiger charge is 2.30. The molecule has 3 N–H and O–H groups in total. The second-order valence-electron chi connectivity index (χ2n) is 25.4. The molecule has 0 aliphatic rings. The molecule has 3 unspecified atom stereocenters. The molecule has 0 amide bonds. The van der Waals surface area contributed by atoms with Crippen molar-refractivity contribution in [1.82, 2.24) is 0 Å². The van der Waals surface area contributed by atoms with Crippen molar-refractivity contribution in [2.24, 2.45) is 17.8 Å². The monoisotopic (exact) mass is 1270 g/mol. The Morgan fingerprint density at radius 2 is 0.593 bits per heavy atom. The number of phosphoric ester groups is 2. The Kier molecular flexibility index (Phi) is 56.9. The quantitative estimate of drug-likeness (QED) is 0.0222. The maximum absolute atomic E-state index is 13.0. The van der Waals surface area contributed by atoms with Crippen LogP contribution in [0.25, 0.3) is 0 Å². The molecule has 19 heteroatoms. The lowest BCUT2D eigenvalue weighted by molar-refractivity contribution is -0.161. The Balaban J connectivity index is 5.06. The zero-order valence-electron chi connectivity index (χ0n) is 55.8. The van der Waals surface area contributed by atoms with E-state index < -0.39 is 97.5 Å². The first kappa shape index (κ1) is 84.1. The van der Waals surface area contributed by atoms with E-state index in [1.165, 1.54) is 128 Å². The summed E-state index contributed by atoms with van der Waals surface area (Å²) in [7, 11) is -9.88. The van der Waals surface area contributed by atoms with Crippen molar-refractivity contribution in [3.8, 4) is 0 Å². The predicted octanol–water partition coefficient (Wildman–Crippen LogP) is 18.7. The SMILES string of the molecule is CCCCCCCC(=O)OC[C@H](COP(=O)(O)OC[C@H](O)COP(=O)(O)OC[C@@H](COC(=O)CCCCCCCCCC(C)C)OC(=O)CCCCCCCCCCCCCCCCCCCCC(C)CC)OC(=O)CCCCCCCCC(C)C. The lowest BCUT2D eigenvalue weighted by atomic mass is 9.99. The highest BCUT2D eigenvalue weighted by Crippen LogP contribution is 2.45. The molecule has 0 saturated carbocycles. The maximum atomic E-state index is 13.0. The Hall–Kier alpha value is -1.94. The fourth-order valence-electron chi connectivity index (χ4n) is 9.98. The summed E-state index contributed by atoms with van der Waals surface area (Å²) in [4.78, 5) is 72.0. The first-order valence-electron chi connectivity index (χ1n) is 34.9. The van der Waals surface area contributed by atoms with E-state index in [9.17, 15) is 43.2 Å². The second-order valence-corrected chi connectivity index (χ2v) is 28.3. The third kappa shape index (κ3) is 59.7. The second kappa shape index (κ2) is 58.2. The number of carbonyl (C=O) groups excluding carboxylic acids is 4. The van der Waals surface area contributed by atoms with Crippen LogP contribution in [-0.4, -0.2) is 96.7 Å². The van der Waals surface area contributed by atoms with Gasteiger partial charge in [-0.05, 0) is 43.4 Å². The van der Waals surface area contributed by atoms with Crippen LogP contribution in [0.2, 0.25) is 0 Å². The van der Waals surface area contributed by atoms with E-state index >= 15 is 0 Å². The summed E-state index contributed by atoms with van der Waals surface area (Å²) in [5.74, 6) is 0.0970. The number of phosphoric acid groups is 2. The van der Waals surface area contributed by atoms with Crippen LogP contribution in [0.3, 0.4) is 0 Å². The third-order valence-corrected chi connectivity index (χ3v) is 17.6. The molecule has 510 valence electrons. The summed E-state index contributed by atoms with van der Waals surface area (Å²) in [5, 5.41) is 10.5. The number of aliphatic hydroxyl groups is 1. The van der Waals surface area contributed by atoms with E-state index in [2.05, 4.69) is 48.5 Å². The highest BCUT2D eigenvalue weighted by molar-refractivity contribution is 7.47. The minimum absolute atomic E-state index is 0.101. The fraction of sp³-hybridized carbons (Fsp3) is 0.940. The first-order valence-corrected chi connectivity index (χ1v) is 37.9. The van der Waals surface area contributed by atoms with Crippen LogP contribution in [0.4, 0.5) is 0 Å². The van der Waals surface area contributed by atoms with Gasteiger partial charge in [0, 0.05) is 25.7 Å². The molecule has 17 nitrogen and oxygen atoms in total. The van der Waals surface area contributed by atoms with Crippen LogP contribution >= 0.6 is 15.6 Å². The smallest absolute Gasteiger partial charge is 0.462 e. The molecule has 0 radical (unpaired) electrons. The number of unbranched alkanes of at least 4 members (excludes halogenated alkanes) is 32. The number of ether oxygens (including phenoxy) is 4. The molecule has 0 fully saturated rings. The summed E-state index contributed by atoms with van der Waals surface area (Å²) in [6, 6.07) is 0. The molecule has 0 aromatic rings. The number of hydrogen-bond acceptors (Lipinski definition) is 15. The maximum Gasteiger partial charge on any atom is 0.472 e. The van der Waals surface area contributed by atoms with Crippen molar-refractivity contribution < 1.29 is 80.2 Å². The van der Waals surface area contributed by atoms with Crippen molar-refractivity contribution in [2.45, 2.75) is 349 Å². The number of aliphatic hydroxyl groups excluding tert-OH is 1. The van der Waals surface area contributed by atoms with E-state index in [1.807, 2.05) is 0 Å². The summed E-state index contributed by atoms with van der Waals surface area (Å²) in [6.07, 6.45) is 41.1. The van der Waals surface area contributed by atoms with Gasteiger partial charge < -0.3 is 33.8 Å². The molecule has 86 heavy (non-hydrogen) atoms. The van der Waals surface area contributed by atoms with Crippen LogP contribution in [0.5, 0.6) is 0 Å². The van der Waals surface area contributed by atoms with Gasteiger partial charge in [-0.1, -0.05) is 280 Å². The van der Waals surface area contributed by atoms with Crippen molar-refractivity contribution in [3.63, 3.8) is 0 Å². The van der Waals surface area contributed by atoms with Crippen molar-refractivity contribution in [1.29, 1.82) is 0 Å². The lowest BCUT2D eigenvalue weighted by Gasteiger charge is -2.21. The molecule has 0 bridgehead atoms. The highest BCUT2D eigenvalue weighted by atomic mass is 31.2. The molecular weight excluding hydrogens is 1140 g/mol. The Bertz CT molecular complexity index is 1700. The summed E-state index contributed by atoms with van der Waals surface area (Å²) in [5.41, 5.74) is 0. The number of rotatable bonds is 65. The van der Waals surface area contributed by atoms with Crippen LogP contribution in [0.15, 0.2) is 0 Å². The Labute approximate surface area is 524 Å². The van der Waals surface area contributed by atoms with E-state index in [0.29, 0.717) is 37.5 Å². The van der Waals surface area contributed by atoms with Crippen LogP contribution in [0.1, 0.15) is 331 Å². The summed E-state index contributed by atoms with van der Waals surface area (Å²) < 4.78 is 67.8. The lowest BCUT2D eigenvalue weighted by Crippen LogP contribution is -2.30. The van der Waals surface area contributed by atoms with Gasteiger partial charge in [-0.15, -0.1) is 0 Å². The van der Waals surface area contributed by atoms with Gasteiger partial charge in [-0.3, -0.25) is 37.3 Å². The van der Waals surface area contributed by atoms with Crippen LogP contribution in [-0.2, 0) is 65.4 Å². The van der Waals surface area contributed by atoms with E-state index in [-0.39, 0.29) is 25.7 Å². The standard InChI is InChI=1S/C67H130O17P2/c1-8-10-11-31-41-48-64(69)77-54-62(84-67(72)51-44-37-30-29-33-39-46-59(5)6)56-81-85(73,74)79-52-61(68)53-80-86(75,76)82-57-63(55-78-65(70)49-42-35-28-24-25-32-38-45-58(3)4)83-66(71)50-43-36-27-23-21-19-17-15-13-12-14-16-18-20-22-26-34-40-47-60(7)9-2/h58-63,68H,8-57H2,1-7H3,(H,73,74)(H,75,76)/t60?,61-,62+,63+/m0/s1. The molecule has 0 rings (SSSR count). The van der Waals surface area contributed by atoms with Gasteiger partial charge in [0.2, 0.25) is 0 Å². The number of esters is 4. The van der Waals surface area contributed by atoms with Gasteiger partial charge >= 0.3 is 39.5 Å². The average molecular weight is 1270 g/mol. The van der Waals surface area contributed by atoms with Crippen LogP contribution < -0.4 is 0 Å². The van der Waals surface area contributed by atoms with E-state index in [4.69, 9.17) is 37.0 Å². The molecule has 0 saturated heterocycles. The molecule has 0 aromatic carbocycles. The zero-order chi connectivity index (χ0) is 63.8. The molecule has 6 atom stereocenters. The third-order valence-electron chi connectivity index (χ3n) is 15.7. The zero-order valence-corrected chi connectivity index (χ0v) is 57.6. The van der Waals surface area contributed by atoms with E-state index in [0.717, 1.165) is 109 Å². The number of carbonyl (C=O) groups is 4. The summed E-state index contributed by atoms with van der Waals surface area (Å²) in [6.45, 7) is 11.6. The van der Waals surface area contributed by atoms with Crippen molar-refractivity contribution in [3.05, 3.63) is 0 Å². The van der Waals surface area contributed by atoms with Gasteiger partial charge in [-0.2, -0.15) is 0 Å². The molecule has 0 aromatic heterocycles. The van der Waals surface area contributed by atoms with Gasteiger partial charge in [0.1, 0.15) is 19.3 Å². The predicted molar refractivity (Wildman–Crippen MR) is 344 cm³/mol. The number of hydrogen-bond donors (Lipinski definition) is 3. The summed E-state index contributed by atoms with van der Waals surface area (Å²) >= 11 is 0. The molecular formula is C67H130O17P2. The molecule has 0 aliphatic carbocycles. The van der Waals surface area contributed by atoms with E-state index in [1.54, 1.807) is 0 Å². The largest absolute Gasteiger partial charge is 0.472 e. The Morgan fingerprint density at radius 1 is 0.337 bits per heavy atom. The normalized spacial score (nSPS) is 14.6. The fourth-order valence-corrected chi connectivity index (χ4v) is 11.6. The first-order chi connectivity index (χ1) is 41.3. The van der Waals surface area contributed by atoms with Crippen LogP contribution in [0, 0.1) is 17.8 Å². The molecule has 0 spiro atoms.